The van der Waals surface area contributed by atoms with Crippen LogP contribution in [0.15, 0.2) is 30.6 Å². The summed E-state index contributed by atoms with van der Waals surface area (Å²) in [4.78, 5) is 13.4. The van der Waals surface area contributed by atoms with Gasteiger partial charge in [-0.25, -0.2) is 0 Å². The van der Waals surface area contributed by atoms with Gasteiger partial charge in [-0.15, -0.1) is 0 Å². The molecule has 0 aliphatic heterocycles. The molecule has 0 radical (unpaired) electrons. The van der Waals surface area contributed by atoms with Crippen LogP contribution in [0.5, 0.6) is 0 Å². The maximum absolute atomic E-state index is 9.62. The molecule has 0 unspecified atom stereocenters. The molecule has 1 aromatic rings. The topological polar surface area (TPSA) is 30.0 Å². The molecular weight excluding hydrogens is 150 g/mol. The number of carbonyl (C=O) groups excluding carboxylic acids is 1. The molecule has 0 saturated carbocycles. The summed E-state index contributed by atoms with van der Waals surface area (Å²) in [5.74, 6) is 0.530. The summed E-state index contributed by atoms with van der Waals surface area (Å²) >= 11 is 0. The van der Waals surface area contributed by atoms with Gasteiger partial charge in [0.2, 0.25) is 0 Å². The van der Waals surface area contributed by atoms with Gasteiger partial charge in [0, 0.05) is 18.8 Å². The summed E-state index contributed by atoms with van der Waals surface area (Å²) in [5, 5.41) is 0. The van der Waals surface area contributed by atoms with Crippen LogP contribution in [0.3, 0.4) is 0 Å². The smallest absolute Gasteiger partial charge is 0.120 e. The first-order valence-electron chi connectivity index (χ1n) is 4.06. The first kappa shape index (κ1) is 10.8. The second-order valence-electron chi connectivity index (χ2n) is 2.82. The molecule has 0 fully saturated rings. The van der Waals surface area contributed by atoms with Crippen LogP contribution in [0, 0.1) is 5.92 Å². The number of aldehydes is 1. The zero-order chi connectivity index (χ0) is 9.23. The molecule has 0 aliphatic rings. The van der Waals surface area contributed by atoms with E-state index in [1.807, 2.05) is 32.0 Å². The largest absolute Gasteiger partial charge is 0.303 e. The lowest BCUT2D eigenvalue weighted by molar-refractivity contribution is -0.108. The molecule has 2 nitrogen and oxygen atoms in total. The van der Waals surface area contributed by atoms with Gasteiger partial charge in [0.1, 0.15) is 6.29 Å². The minimum absolute atomic E-state index is 0.530. The number of hydrogen-bond acceptors (Lipinski definition) is 2. The summed E-state index contributed by atoms with van der Waals surface area (Å²) in [6.45, 7) is 4.04. The Morgan fingerprint density at radius 1 is 1.25 bits per heavy atom. The van der Waals surface area contributed by atoms with E-state index in [0.717, 1.165) is 6.29 Å². The summed E-state index contributed by atoms with van der Waals surface area (Å²) in [6.07, 6.45) is 5.14. The van der Waals surface area contributed by atoms with Crippen molar-refractivity contribution in [2.75, 3.05) is 0 Å². The molecule has 0 aromatic carbocycles. The van der Waals surface area contributed by atoms with E-state index in [2.05, 4.69) is 4.98 Å². The third-order valence-electron chi connectivity index (χ3n) is 1.13. The van der Waals surface area contributed by atoms with Gasteiger partial charge >= 0.3 is 0 Å². The minimum Gasteiger partial charge on any atom is -0.303 e. The van der Waals surface area contributed by atoms with Crippen molar-refractivity contribution in [2.24, 2.45) is 5.92 Å². The van der Waals surface area contributed by atoms with Crippen LogP contribution in [0.1, 0.15) is 20.3 Å². The van der Waals surface area contributed by atoms with Crippen LogP contribution in [0.4, 0.5) is 0 Å². The predicted molar refractivity (Wildman–Crippen MR) is 49.8 cm³/mol. The molecule has 0 amide bonds. The van der Waals surface area contributed by atoms with Crippen LogP contribution in [0.2, 0.25) is 0 Å². The monoisotopic (exact) mass is 165 g/mol. The van der Waals surface area contributed by atoms with Gasteiger partial charge in [-0.2, -0.15) is 0 Å². The molecule has 2 heteroatoms. The highest BCUT2D eigenvalue weighted by molar-refractivity contribution is 5.49. The Bertz CT molecular complexity index is 158. The maximum atomic E-state index is 9.62. The molecule has 0 spiro atoms. The molecule has 0 saturated heterocycles. The number of carbonyl (C=O) groups is 1. The molecule has 0 atom stereocenters. The second-order valence-corrected chi connectivity index (χ2v) is 2.82. The van der Waals surface area contributed by atoms with Crippen LogP contribution in [-0.4, -0.2) is 11.3 Å². The van der Waals surface area contributed by atoms with Gasteiger partial charge in [-0.05, 0) is 18.1 Å². The third-order valence-corrected chi connectivity index (χ3v) is 1.13. The Balaban J connectivity index is 0.000000202. The maximum Gasteiger partial charge on any atom is 0.120 e. The van der Waals surface area contributed by atoms with Crippen LogP contribution < -0.4 is 0 Å². The van der Waals surface area contributed by atoms with E-state index in [4.69, 9.17) is 0 Å². The number of nitrogens with zero attached hydrogens (tertiary/aromatic N) is 1. The standard InChI is InChI=1S/C5H5N.C5H10O/c1-2-4-6-5-3-1;1-5(2)3-4-6/h1-5H;4-5H,3H2,1-2H3. The fourth-order valence-electron chi connectivity index (χ4n) is 0.505. The molecule has 0 aliphatic carbocycles. The van der Waals surface area contributed by atoms with E-state index in [9.17, 15) is 4.79 Å². The summed E-state index contributed by atoms with van der Waals surface area (Å²) in [5.41, 5.74) is 0. The average molecular weight is 165 g/mol. The van der Waals surface area contributed by atoms with Gasteiger partial charge in [0.25, 0.3) is 0 Å². The third kappa shape index (κ3) is 8.82. The van der Waals surface area contributed by atoms with Crippen molar-refractivity contribution < 1.29 is 4.79 Å². The normalized spacial score (nSPS) is 8.58. The number of aromatic nitrogens is 1. The van der Waals surface area contributed by atoms with E-state index in [0.29, 0.717) is 12.3 Å². The molecule has 0 bridgehead atoms. The van der Waals surface area contributed by atoms with Crippen molar-refractivity contribution >= 4 is 6.29 Å². The Hall–Kier alpha value is -1.18. The van der Waals surface area contributed by atoms with Gasteiger partial charge in [0.05, 0.1) is 0 Å². The summed E-state index contributed by atoms with van der Waals surface area (Å²) < 4.78 is 0. The van der Waals surface area contributed by atoms with Crippen molar-refractivity contribution in [3.05, 3.63) is 30.6 Å². The second kappa shape index (κ2) is 7.92. The van der Waals surface area contributed by atoms with E-state index in [-0.39, 0.29) is 0 Å². The van der Waals surface area contributed by atoms with E-state index in [1.54, 1.807) is 12.4 Å². The summed E-state index contributed by atoms with van der Waals surface area (Å²) in [6, 6.07) is 5.72. The SMILES string of the molecule is CC(C)CC=O.c1ccncc1. The van der Waals surface area contributed by atoms with E-state index >= 15 is 0 Å². The molecule has 1 aromatic heterocycles. The molecule has 66 valence electrons. The Labute approximate surface area is 73.6 Å². The number of rotatable bonds is 2. The quantitative estimate of drug-likeness (QED) is 0.629. The average Bonchev–Trinajstić information content (AvgIpc) is 2.08. The lowest BCUT2D eigenvalue weighted by atomic mass is 10.2. The van der Waals surface area contributed by atoms with Gasteiger partial charge in [0.15, 0.2) is 0 Å². The van der Waals surface area contributed by atoms with Crippen molar-refractivity contribution in [3.8, 4) is 0 Å². The zero-order valence-corrected chi connectivity index (χ0v) is 7.60. The Morgan fingerprint density at radius 2 is 1.83 bits per heavy atom. The summed E-state index contributed by atoms with van der Waals surface area (Å²) in [7, 11) is 0. The first-order chi connectivity index (χ1) is 5.77. The van der Waals surface area contributed by atoms with E-state index in [1.165, 1.54) is 0 Å². The number of hydrogen-bond donors (Lipinski definition) is 0. The van der Waals surface area contributed by atoms with Crippen molar-refractivity contribution in [3.63, 3.8) is 0 Å². The molecule has 1 rings (SSSR count). The van der Waals surface area contributed by atoms with E-state index < -0.39 is 0 Å². The molecule has 1 heterocycles. The van der Waals surface area contributed by atoms with Crippen LogP contribution in [-0.2, 0) is 4.79 Å². The first-order valence-corrected chi connectivity index (χ1v) is 4.06. The molecule has 12 heavy (non-hydrogen) atoms. The number of pyridine rings is 1. The highest BCUT2D eigenvalue weighted by Gasteiger charge is 1.85. The van der Waals surface area contributed by atoms with Crippen molar-refractivity contribution in [2.45, 2.75) is 20.3 Å². The van der Waals surface area contributed by atoms with Crippen molar-refractivity contribution in [1.82, 2.24) is 4.98 Å². The Kier molecular flexibility index (Phi) is 7.14. The fourth-order valence-corrected chi connectivity index (χ4v) is 0.505. The lowest BCUT2D eigenvalue weighted by Gasteiger charge is -1.89. The van der Waals surface area contributed by atoms with Crippen molar-refractivity contribution in [1.29, 1.82) is 0 Å². The zero-order valence-electron chi connectivity index (χ0n) is 7.60. The highest BCUT2D eigenvalue weighted by Crippen LogP contribution is 1.92. The van der Waals surface area contributed by atoms with Crippen LogP contribution >= 0.6 is 0 Å². The Morgan fingerprint density at radius 3 is 1.92 bits per heavy atom. The van der Waals surface area contributed by atoms with Gasteiger partial charge in [-0.1, -0.05) is 19.9 Å². The van der Waals surface area contributed by atoms with Gasteiger partial charge in [-0.3, -0.25) is 4.98 Å². The van der Waals surface area contributed by atoms with Crippen LogP contribution in [0.25, 0.3) is 0 Å². The molecule has 0 N–H and O–H groups in total. The highest BCUT2D eigenvalue weighted by atomic mass is 16.1. The fraction of sp³-hybridized carbons (Fsp3) is 0.400. The lowest BCUT2D eigenvalue weighted by Crippen LogP contribution is -1.84. The predicted octanol–water partition coefficient (Wildman–Crippen LogP) is 2.31. The molecular formula is C10H15NO. The minimum atomic E-state index is 0.530. The van der Waals surface area contributed by atoms with Gasteiger partial charge < -0.3 is 4.79 Å².